The molecule has 0 atom stereocenters. The van der Waals surface area contributed by atoms with Gasteiger partial charge in [0, 0.05) is 5.38 Å². The van der Waals surface area contributed by atoms with Crippen LogP contribution in [0.3, 0.4) is 0 Å². The average Bonchev–Trinajstić information content (AvgIpc) is 3.11. The molecule has 6 heteroatoms. The van der Waals surface area contributed by atoms with Crippen molar-refractivity contribution in [3.05, 3.63) is 58.4 Å². The van der Waals surface area contributed by atoms with E-state index in [0.717, 1.165) is 29.2 Å². The summed E-state index contributed by atoms with van der Waals surface area (Å²) in [6.45, 7) is 1.93. The second-order valence-electron chi connectivity index (χ2n) is 4.71. The second-order valence-corrected chi connectivity index (χ2v) is 5.54. The first kappa shape index (κ1) is 13.6. The summed E-state index contributed by atoms with van der Waals surface area (Å²) in [4.78, 5) is 15.6. The molecular weight excluding hydrogens is 284 g/mol. The van der Waals surface area contributed by atoms with E-state index in [1.807, 2.05) is 30.5 Å². The predicted molar refractivity (Wildman–Crippen MR) is 81.0 cm³/mol. The van der Waals surface area contributed by atoms with Crippen LogP contribution in [0.1, 0.15) is 27.4 Å². The molecule has 0 unspecified atom stereocenters. The van der Waals surface area contributed by atoms with Gasteiger partial charge >= 0.3 is 0 Å². The third-order valence-electron chi connectivity index (χ3n) is 3.19. The quantitative estimate of drug-likeness (QED) is 0.679. The van der Waals surface area contributed by atoms with Gasteiger partial charge in [-0.1, -0.05) is 35.5 Å². The van der Waals surface area contributed by atoms with Crippen molar-refractivity contribution >= 4 is 17.6 Å². The Balaban J connectivity index is 1.89. The minimum atomic E-state index is 0.388. The largest absolute Gasteiger partial charge is 0.296 e. The van der Waals surface area contributed by atoms with E-state index in [0.29, 0.717) is 12.1 Å². The number of rotatable bonds is 5. The number of carbonyl (C=O) groups is 1. The van der Waals surface area contributed by atoms with E-state index in [4.69, 9.17) is 0 Å². The Hall–Kier alpha value is -2.34. The highest BCUT2D eigenvalue weighted by atomic mass is 32.1. The van der Waals surface area contributed by atoms with Crippen molar-refractivity contribution in [2.24, 2.45) is 0 Å². The van der Waals surface area contributed by atoms with Crippen molar-refractivity contribution in [3.8, 4) is 5.13 Å². The smallest absolute Gasteiger partial charge is 0.212 e. The van der Waals surface area contributed by atoms with E-state index in [1.54, 1.807) is 4.68 Å². The minimum Gasteiger partial charge on any atom is -0.296 e. The van der Waals surface area contributed by atoms with Gasteiger partial charge in [0.05, 0.1) is 11.4 Å². The van der Waals surface area contributed by atoms with Gasteiger partial charge in [-0.2, -0.15) is 4.68 Å². The highest BCUT2D eigenvalue weighted by Crippen LogP contribution is 2.18. The molecule has 0 radical (unpaired) electrons. The Morgan fingerprint density at radius 2 is 2.05 bits per heavy atom. The zero-order valence-electron chi connectivity index (χ0n) is 11.6. The maximum absolute atomic E-state index is 11.2. The Morgan fingerprint density at radius 3 is 2.71 bits per heavy atom. The number of hydrogen-bond donors (Lipinski definition) is 0. The van der Waals surface area contributed by atoms with Crippen molar-refractivity contribution in [2.45, 2.75) is 19.8 Å². The number of hydrogen-bond acceptors (Lipinski definition) is 5. The molecule has 1 aromatic carbocycles. The lowest BCUT2D eigenvalue weighted by Gasteiger charge is -2.04. The van der Waals surface area contributed by atoms with E-state index in [-0.39, 0.29) is 0 Å². The molecule has 2 heterocycles. The maximum Gasteiger partial charge on any atom is 0.212 e. The van der Waals surface area contributed by atoms with E-state index < -0.39 is 0 Å². The molecule has 0 aliphatic carbocycles. The van der Waals surface area contributed by atoms with E-state index in [1.165, 1.54) is 16.9 Å². The first-order valence-corrected chi connectivity index (χ1v) is 7.52. The summed E-state index contributed by atoms with van der Waals surface area (Å²) in [5.74, 6) is 0. The van der Waals surface area contributed by atoms with Crippen molar-refractivity contribution in [1.82, 2.24) is 20.0 Å². The molecular formula is C15H14N4OS. The van der Waals surface area contributed by atoms with E-state index in [9.17, 15) is 4.79 Å². The van der Waals surface area contributed by atoms with Gasteiger partial charge in [0.25, 0.3) is 0 Å². The minimum absolute atomic E-state index is 0.388. The Morgan fingerprint density at radius 1 is 1.24 bits per heavy atom. The van der Waals surface area contributed by atoms with Crippen LogP contribution in [0.15, 0.2) is 35.7 Å². The molecule has 0 saturated heterocycles. The number of nitrogens with zero attached hydrogens (tertiary/aromatic N) is 4. The maximum atomic E-state index is 11.2. The molecule has 2 aromatic heterocycles. The van der Waals surface area contributed by atoms with Crippen molar-refractivity contribution < 1.29 is 4.79 Å². The van der Waals surface area contributed by atoms with Crippen molar-refractivity contribution in [2.75, 3.05) is 0 Å². The molecule has 3 rings (SSSR count). The molecule has 0 bridgehead atoms. The predicted octanol–water partition coefficient (Wildman–Crippen LogP) is 2.63. The lowest BCUT2D eigenvalue weighted by Crippen LogP contribution is -2.05. The molecule has 0 fully saturated rings. The first-order valence-electron chi connectivity index (χ1n) is 6.64. The SMILES string of the molecule is Cc1csc(-n2nnc(C=O)c2CCc2ccccc2)n1. The molecule has 0 N–H and O–H groups in total. The van der Waals surface area contributed by atoms with Gasteiger partial charge in [-0.25, -0.2) is 4.98 Å². The van der Waals surface area contributed by atoms with Crippen LogP contribution in [0.2, 0.25) is 0 Å². The Bertz CT molecular complexity index is 748. The van der Waals surface area contributed by atoms with Gasteiger partial charge in [-0.05, 0) is 25.3 Å². The zero-order chi connectivity index (χ0) is 14.7. The summed E-state index contributed by atoms with van der Waals surface area (Å²) in [6.07, 6.45) is 2.29. The summed E-state index contributed by atoms with van der Waals surface area (Å²) in [6, 6.07) is 10.2. The topological polar surface area (TPSA) is 60.7 Å². The number of aryl methyl sites for hydroxylation is 2. The first-order chi connectivity index (χ1) is 10.3. The molecule has 106 valence electrons. The van der Waals surface area contributed by atoms with Crippen molar-refractivity contribution in [1.29, 1.82) is 0 Å². The average molecular weight is 298 g/mol. The van der Waals surface area contributed by atoms with Crippen LogP contribution in [0, 0.1) is 6.92 Å². The zero-order valence-corrected chi connectivity index (χ0v) is 12.4. The lowest BCUT2D eigenvalue weighted by atomic mass is 10.1. The number of thiazole rings is 1. The van der Waals surface area contributed by atoms with E-state index in [2.05, 4.69) is 27.4 Å². The van der Waals surface area contributed by atoms with Crippen LogP contribution in [0.4, 0.5) is 0 Å². The third-order valence-corrected chi connectivity index (χ3v) is 4.12. The standard InChI is InChI=1S/C15H14N4OS/c1-11-10-21-15(16-11)19-14(13(9-20)17-18-19)8-7-12-5-3-2-4-6-12/h2-6,9-10H,7-8H2,1H3. The van der Waals surface area contributed by atoms with Crippen LogP contribution < -0.4 is 0 Å². The van der Waals surface area contributed by atoms with Crippen LogP contribution in [-0.2, 0) is 12.8 Å². The molecule has 0 amide bonds. The molecule has 0 saturated carbocycles. The number of aldehydes is 1. The monoisotopic (exact) mass is 298 g/mol. The van der Waals surface area contributed by atoms with Gasteiger partial charge in [-0.3, -0.25) is 4.79 Å². The normalized spacial score (nSPS) is 10.7. The number of aromatic nitrogens is 4. The Labute approximate surface area is 126 Å². The highest BCUT2D eigenvalue weighted by molar-refractivity contribution is 7.12. The summed E-state index contributed by atoms with van der Waals surface area (Å²) in [5, 5.41) is 10.7. The van der Waals surface area contributed by atoms with Crippen molar-refractivity contribution in [3.63, 3.8) is 0 Å². The van der Waals surface area contributed by atoms with Gasteiger partial charge in [-0.15, -0.1) is 16.4 Å². The summed E-state index contributed by atoms with van der Waals surface area (Å²) < 4.78 is 1.67. The van der Waals surface area contributed by atoms with Gasteiger partial charge < -0.3 is 0 Å². The van der Waals surface area contributed by atoms with Gasteiger partial charge in [0.2, 0.25) is 5.13 Å². The Kier molecular flexibility index (Phi) is 3.87. The molecule has 5 nitrogen and oxygen atoms in total. The molecule has 21 heavy (non-hydrogen) atoms. The van der Waals surface area contributed by atoms with Gasteiger partial charge in [0.1, 0.15) is 5.69 Å². The van der Waals surface area contributed by atoms with Crippen LogP contribution in [0.25, 0.3) is 5.13 Å². The van der Waals surface area contributed by atoms with Crippen LogP contribution in [-0.4, -0.2) is 26.3 Å². The molecule has 0 aliphatic heterocycles. The fourth-order valence-corrected chi connectivity index (χ4v) is 2.91. The van der Waals surface area contributed by atoms with Gasteiger partial charge in [0.15, 0.2) is 6.29 Å². The fraction of sp³-hybridized carbons (Fsp3) is 0.200. The third kappa shape index (κ3) is 2.90. The second kappa shape index (κ2) is 5.97. The highest BCUT2D eigenvalue weighted by Gasteiger charge is 2.15. The molecule has 3 aromatic rings. The molecule has 0 spiro atoms. The summed E-state index contributed by atoms with van der Waals surface area (Å²) in [7, 11) is 0. The van der Waals surface area contributed by atoms with Crippen LogP contribution >= 0.6 is 11.3 Å². The number of carbonyl (C=O) groups excluding carboxylic acids is 1. The molecule has 0 aliphatic rings. The summed E-state index contributed by atoms with van der Waals surface area (Å²) >= 11 is 1.50. The summed E-state index contributed by atoms with van der Waals surface area (Å²) in [5.41, 5.74) is 3.35. The fourth-order valence-electron chi connectivity index (χ4n) is 2.14. The van der Waals surface area contributed by atoms with Crippen LogP contribution in [0.5, 0.6) is 0 Å². The lowest BCUT2D eigenvalue weighted by molar-refractivity contribution is 0.111. The van der Waals surface area contributed by atoms with E-state index >= 15 is 0 Å². The number of benzene rings is 1.